The maximum absolute atomic E-state index is 0. The summed E-state index contributed by atoms with van der Waals surface area (Å²) in [6.45, 7) is 0. The van der Waals surface area contributed by atoms with Crippen LogP contribution in [0, 0.1) is 98.9 Å². The molecular formula is H3ArHeNNeXe. The van der Waals surface area contributed by atoms with Crippen molar-refractivity contribution < 1.29 is 98.9 Å². The van der Waals surface area contributed by atoms with Crippen molar-refractivity contribution in [2.24, 2.45) is 0 Å². The van der Waals surface area contributed by atoms with Crippen LogP contribution in [0.15, 0.2) is 0 Å². The first-order valence-corrected chi connectivity index (χ1v) is 0. The van der Waals surface area contributed by atoms with E-state index >= 15 is 0 Å². The van der Waals surface area contributed by atoms with E-state index in [1.54, 1.807) is 0 Å². The molecule has 0 heterocycles. The molecule has 0 aliphatic carbocycles. The Morgan fingerprint density at radius 2 is 1.00 bits per heavy atom. The molecule has 0 aliphatic heterocycles. The average molecular weight is 212 g/mol. The van der Waals surface area contributed by atoms with Gasteiger partial charge in [-0.2, -0.15) is 0 Å². The van der Waals surface area contributed by atoms with E-state index in [2.05, 4.69) is 0 Å². The Morgan fingerprint density at radius 3 is 1.00 bits per heavy atom. The van der Waals surface area contributed by atoms with Crippen LogP contribution in [-0.2, 0) is 0 Å². The largest absolute Gasteiger partial charge is 0.344 e. The molecule has 34 valence electrons. The summed E-state index contributed by atoms with van der Waals surface area (Å²) in [6.07, 6.45) is 0. The van der Waals surface area contributed by atoms with Gasteiger partial charge in [0.25, 0.3) is 0 Å². The molecule has 0 radical (unpaired) electrons. The van der Waals surface area contributed by atoms with E-state index in [4.69, 9.17) is 0 Å². The summed E-state index contributed by atoms with van der Waals surface area (Å²) in [5, 5.41) is 0. The van der Waals surface area contributed by atoms with E-state index in [1.807, 2.05) is 0 Å². The van der Waals surface area contributed by atoms with Crippen LogP contribution >= 0.6 is 0 Å². The first-order chi connectivity index (χ1) is 0. The zero-order valence-corrected chi connectivity index (χ0v) is 5.20. The minimum Gasteiger partial charge on any atom is -0.344 e. The maximum Gasteiger partial charge on any atom is 0 e. The zero-order chi connectivity index (χ0) is 0. The molecule has 0 aromatic rings. The van der Waals surface area contributed by atoms with E-state index in [0.717, 1.165) is 0 Å². The van der Waals surface area contributed by atoms with Crippen LogP contribution in [0.3, 0.4) is 0 Å². The van der Waals surface area contributed by atoms with Crippen LogP contribution in [-0.4, -0.2) is 0 Å². The van der Waals surface area contributed by atoms with Gasteiger partial charge in [-0.15, -0.1) is 0 Å². The average Bonchev–Trinajstić information content (AvgIpc) is 0. The van der Waals surface area contributed by atoms with Gasteiger partial charge < -0.3 is 6.15 Å². The molecule has 0 spiro atoms. The smallest absolute Gasteiger partial charge is 0 e. The summed E-state index contributed by atoms with van der Waals surface area (Å²) in [4.78, 5) is 0. The molecule has 5 heteroatoms. The van der Waals surface area contributed by atoms with Gasteiger partial charge in [-0.1, -0.05) is 0 Å². The van der Waals surface area contributed by atoms with Crippen LogP contribution < -0.4 is 6.15 Å². The van der Waals surface area contributed by atoms with E-state index in [9.17, 15) is 0 Å². The Balaban J connectivity index is 0. The summed E-state index contributed by atoms with van der Waals surface area (Å²) in [5.74, 6) is 0. The summed E-state index contributed by atoms with van der Waals surface area (Å²) in [5.41, 5.74) is 0. The summed E-state index contributed by atoms with van der Waals surface area (Å²) < 4.78 is 0. The third-order valence-corrected chi connectivity index (χ3v) is 0. The van der Waals surface area contributed by atoms with Crippen molar-refractivity contribution in [2.75, 3.05) is 0 Å². The fourth-order valence-corrected chi connectivity index (χ4v) is 0. The van der Waals surface area contributed by atoms with Crippen LogP contribution in [0.4, 0.5) is 0 Å². The van der Waals surface area contributed by atoms with E-state index < -0.39 is 0 Å². The molecule has 0 aromatic heterocycles. The van der Waals surface area contributed by atoms with Crippen molar-refractivity contribution in [1.29, 1.82) is 0 Å². The molecule has 0 atom stereocenters. The van der Waals surface area contributed by atoms with Crippen molar-refractivity contribution in [3.63, 3.8) is 0 Å². The molecule has 0 rings (SSSR count). The zero-order valence-electron chi connectivity index (χ0n) is 2.47. The van der Waals surface area contributed by atoms with Gasteiger partial charge in [-0.05, 0) is 0 Å². The Labute approximate surface area is 102 Å². The number of rotatable bonds is 0. The van der Waals surface area contributed by atoms with Crippen molar-refractivity contribution >= 4 is 0 Å². The number of hydrogen-bond acceptors (Lipinski definition) is 1. The van der Waals surface area contributed by atoms with Crippen LogP contribution in [0.25, 0.3) is 0 Å². The van der Waals surface area contributed by atoms with Crippen LogP contribution in [0.2, 0.25) is 0 Å². The van der Waals surface area contributed by atoms with E-state index in [1.165, 1.54) is 0 Å². The van der Waals surface area contributed by atoms with Gasteiger partial charge in [-0.3, -0.25) is 0 Å². The Morgan fingerprint density at radius 1 is 1.00 bits per heavy atom. The first kappa shape index (κ1) is 48.8. The maximum atomic E-state index is 0. The van der Waals surface area contributed by atoms with Crippen molar-refractivity contribution in [2.45, 2.75) is 0 Å². The van der Waals surface area contributed by atoms with Gasteiger partial charge in [0.15, 0.2) is 0 Å². The van der Waals surface area contributed by atoms with Gasteiger partial charge in [0.1, 0.15) is 0 Å². The minimum absolute atomic E-state index is 0. The first-order valence-electron chi connectivity index (χ1n) is 0. The molecule has 3 N–H and O–H groups in total. The summed E-state index contributed by atoms with van der Waals surface area (Å²) >= 11 is 0. The molecule has 0 bridgehead atoms. The second-order valence-corrected chi connectivity index (χ2v) is 0. The second-order valence-electron chi connectivity index (χ2n) is 0. The normalized spacial score (nSPS) is 0. The SMILES string of the molecule is N.[Ar].[He].[Ne].[Xe]. The molecule has 0 saturated carbocycles. The van der Waals surface area contributed by atoms with E-state index in [-0.39, 0.29) is 105 Å². The minimum atomic E-state index is 0. The summed E-state index contributed by atoms with van der Waals surface area (Å²) in [6, 6.07) is 0. The van der Waals surface area contributed by atoms with Crippen molar-refractivity contribution in [3.8, 4) is 0 Å². The molecule has 0 unspecified atom stereocenters. The molecule has 0 fully saturated rings. The molecular weight excluding hydrogens is 209 g/mol. The standard InChI is InChI=1S/Ar.He.H3N.Ne.Xe/h;;1H3;;. The fourth-order valence-electron chi connectivity index (χ4n) is 0. The Kier molecular flexibility index (Phi) is 298. The molecule has 1 nitrogen and oxygen atoms in total. The Bertz CT molecular complexity index is 11.6. The summed E-state index contributed by atoms with van der Waals surface area (Å²) in [7, 11) is 0. The van der Waals surface area contributed by atoms with Crippen molar-refractivity contribution in [1.82, 2.24) is 6.15 Å². The predicted molar refractivity (Wildman–Crippen MR) is 5.02 cm³/mol. The van der Waals surface area contributed by atoms with Crippen LogP contribution in [0.5, 0.6) is 0 Å². The third-order valence-electron chi connectivity index (χ3n) is 0. The topological polar surface area (TPSA) is 35.0 Å². The van der Waals surface area contributed by atoms with E-state index in [0.29, 0.717) is 0 Å². The quantitative estimate of drug-likeness (QED) is 0.610. The van der Waals surface area contributed by atoms with Crippen molar-refractivity contribution in [3.05, 3.63) is 0 Å². The molecule has 0 amide bonds. The van der Waals surface area contributed by atoms with Gasteiger partial charge >= 0.3 is 0 Å². The van der Waals surface area contributed by atoms with Gasteiger partial charge in [0.2, 0.25) is 0 Å². The molecule has 0 aromatic carbocycles. The second kappa shape index (κ2) is 30.5. The Hall–Kier alpha value is 2.61. The van der Waals surface area contributed by atoms with Gasteiger partial charge in [0.05, 0.1) is 0 Å². The number of hydrogen-bond donors (Lipinski definition) is 1. The van der Waals surface area contributed by atoms with Gasteiger partial charge in [-0.25, -0.2) is 0 Å². The monoisotopic (exact) mass is 213 g/mol. The fraction of sp³-hybridized carbons (Fsp3) is 0. The predicted octanol–water partition coefficient (Wildman–Crippen LogP) is 0.162. The molecule has 0 saturated heterocycles. The third kappa shape index (κ3) is 20.6. The van der Waals surface area contributed by atoms with Gasteiger partial charge in [0, 0.05) is 98.9 Å². The molecule has 5 heavy (non-hydrogen) atoms. The molecule has 0 aliphatic rings. The van der Waals surface area contributed by atoms with Crippen LogP contribution in [0.1, 0.15) is 0 Å².